The highest BCUT2D eigenvalue weighted by Gasteiger charge is 2.41. The Morgan fingerprint density at radius 2 is 1.83 bits per heavy atom. The SMILES string of the molecule is COC(=O)c1ccc(C2Oc3ccc(Cl)cc3C3=C2C(c2ccc(F)cc2)n2ncnc2N3)cc1. The van der Waals surface area contributed by atoms with Gasteiger partial charge in [0.15, 0.2) is 0 Å². The quantitative estimate of drug-likeness (QED) is 0.388. The molecular formula is C26H18ClFN4O3. The molecule has 7 nitrogen and oxygen atoms in total. The number of anilines is 1. The average molecular weight is 489 g/mol. The third-order valence-electron chi connectivity index (χ3n) is 6.20. The molecule has 0 spiro atoms. The Balaban J connectivity index is 1.57. The Bertz CT molecular complexity index is 1480. The summed E-state index contributed by atoms with van der Waals surface area (Å²) in [5.41, 5.74) is 4.52. The van der Waals surface area contributed by atoms with Gasteiger partial charge in [-0.1, -0.05) is 35.9 Å². The fourth-order valence-electron chi connectivity index (χ4n) is 4.59. The van der Waals surface area contributed by atoms with Crippen LogP contribution in [0.5, 0.6) is 5.75 Å². The van der Waals surface area contributed by atoms with Crippen molar-refractivity contribution < 1.29 is 18.7 Å². The third kappa shape index (κ3) is 3.54. The van der Waals surface area contributed by atoms with E-state index in [1.165, 1.54) is 25.6 Å². The first-order chi connectivity index (χ1) is 17.0. The van der Waals surface area contributed by atoms with Crippen molar-refractivity contribution in [3.63, 3.8) is 0 Å². The molecule has 0 radical (unpaired) electrons. The average Bonchev–Trinajstić information content (AvgIpc) is 3.36. The van der Waals surface area contributed by atoms with E-state index in [0.29, 0.717) is 22.3 Å². The topological polar surface area (TPSA) is 78.3 Å². The van der Waals surface area contributed by atoms with E-state index in [-0.39, 0.29) is 5.82 Å². The Morgan fingerprint density at radius 3 is 2.57 bits per heavy atom. The van der Waals surface area contributed by atoms with Crippen LogP contribution < -0.4 is 10.1 Å². The number of carbonyl (C=O) groups is 1. The van der Waals surface area contributed by atoms with Gasteiger partial charge in [-0.05, 0) is 53.6 Å². The summed E-state index contributed by atoms with van der Waals surface area (Å²) in [7, 11) is 1.34. The highest BCUT2D eigenvalue weighted by atomic mass is 35.5. The lowest BCUT2D eigenvalue weighted by atomic mass is 9.84. The van der Waals surface area contributed by atoms with Gasteiger partial charge in [0, 0.05) is 16.2 Å². The van der Waals surface area contributed by atoms with Gasteiger partial charge in [0.1, 0.15) is 30.0 Å². The van der Waals surface area contributed by atoms with Crippen molar-refractivity contribution in [2.45, 2.75) is 12.1 Å². The van der Waals surface area contributed by atoms with E-state index in [1.54, 1.807) is 35.0 Å². The molecule has 3 heterocycles. The van der Waals surface area contributed by atoms with Gasteiger partial charge in [0.25, 0.3) is 0 Å². The molecule has 0 bridgehead atoms. The summed E-state index contributed by atoms with van der Waals surface area (Å²) in [5, 5.41) is 8.41. The fourth-order valence-corrected chi connectivity index (χ4v) is 4.77. The van der Waals surface area contributed by atoms with E-state index in [2.05, 4.69) is 15.4 Å². The van der Waals surface area contributed by atoms with Crippen molar-refractivity contribution in [1.82, 2.24) is 14.8 Å². The highest BCUT2D eigenvalue weighted by Crippen LogP contribution is 2.51. The maximum absolute atomic E-state index is 13.8. The Labute approximate surface area is 204 Å². The van der Waals surface area contributed by atoms with Crippen LogP contribution in [-0.2, 0) is 4.74 Å². The van der Waals surface area contributed by atoms with Crippen LogP contribution in [0, 0.1) is 5.82 Å². The third-order valence-corrected chi connectivity index (χ3v) is 6.43. The predicted octanol–water partition coefficient (Wildman–Crippen LogP) is 5.42. The van der Waals surface area contributed by atoms with Gasteiger partial charge >= 0.3 is 5.97 Å². The van der Waals surface area contributed by atoms with Crippen molar-refractivity contribution in [3.05, 3.63) is 112 Å². The zero-order chi connectivity index (χ0) is 24.1. The predicted molar refractivity (Wildman–Crippen MR) is 128 cm³/mol. The summed E-state index contributed by atoms with van der Waals surface area (Å²) in [6.45, 7) is 0. The molecule has 0 amide bonds. The van der Waals surface area contributed by atoms with Crippen LogP contribution >= 0.6 is 11.6 Å². The van der Waals surface area contributed by atoms with Gasteiger partial charge in [0.05, 0.1) is 18.4 Å². The second-order valence-electron chi connectivity index (χ2n) is 8.19. The zero-order valence-electron chi connectivity index (χ0n) is 18.4. The minimum Gasteiger partial charge on any atom is -0.480 e. The monoisotopic (exact) mass is 488 g/mol. The van der Waals surface area contributed by atoms with Crippen LogP contribution in [0.25, 0.3) is 5.70 Å². The Kier molecular flexibility index (Phi) is 5.04. The molecule has 0 saturated carbocycles. The number of nitrogens with one attached hydrogen (secondary N) is 1. The molecule has 1 aromatic heterocycles. The van der Waals surface area contributed by atoms with Crippen molar-refractivity contribution in [1.29, 1.82) is 0 Å². The molecule has 2 aliphatic heterocycles. The number of hydrogen-bond acceptors (Lipinski definition) is 6. The number of aromatic nitrogens is 3. The maximum atomic E-state index is 13.8. The second kappa shape index (κ2) is 8.25. The summed E-state index contributed by atoms with van der Waals surface area (Å²) in [4.78, 5) is 16.3. The van der Waals surface area contributed by atoms with Gasteiger partial charge in [-0.25, -0.2) is 13.9 Å². The molecule has 4 aromatic rings. The number of hydrogen-bond donors (Lipinski definition) is 1. The minimum atomic E-state index is -0.537. The van der Waals surface area contributed by atoms with Crippen molar-refractivity contribution in [3.8, 4) is 5.75 Å². The van der Waals surface area contributed by atoms with Gasteiger partial charge in [-0.15, -0.1) is 0 Å². The van der Waals surface area contributed by atoms with Crippen LogP contribution in [0.4, 0.5) is 10.3 Å². The Hall–Kier alpha value is -4.17. The summed E-state index contributed by atoms with van der Waals surface area (Å²) < 4.78 is 26.9. The normalized spacial score (nSPS) is 18.0. The van der Waals surface area contributed by atoms with Crippen LogP contribution in [0.3, 0.4) is 0 Å². The molecule has 174 valence electrons. The molecule has 0 fully saturated rings. The van der Waals surface area contributed by atoms with Crippen LogP contribution in [0.2, 0.25) is 5.02 Å². The smallest absolute Gasteiger partial charge is 0.337 e. The molecule has 1 N–H and O–H groups in total. The van der Waals surface area contributed by atoms with Crippen LogP contribution in [0.1, 0.15) is 39.2 Å². The molecule has 2 aliphatic rings. The lowest BCUT2D eigenvalue weighted by molar-refractivity contribution is 0.0600. The van der Waals surface area contributed by atoms with E-state index >= 15 is 0 Å². The molecule has 35 heavy (non-hydrogen) atoms. The summed E-state index contributed by atoms with van der Waals surface area (Å²) in [5.74, 6) is 0.443. The van der Waals surface area contributed by atoms with Crippen molar-refractivity contribution >= 4 is 29.2 Å². The fraction of sp³-hybridized carbons (Fsp3) is 0.115. The number of carbonyl (C=O) groups excluding carboxylic acids is 1. The summed E-state index contributed by atoms with van der Waals surface area (Å²) in [6, 6.07) is 18.4. The molecule has 2 atom stereocenters. The largest absolute Gasteiger partial charge is 0.480 e. The maximum Gasteiger partial charge on any atom is 0.337 e. The molecule has 6 rings (SSSR count). The van der Waals surface area contributed by atoms with E-state index in [9.17, 15) is 9.18 Å². The molecule has 0 saturated heterocycles. The molecule has 2 unspecified atom stereocenters. The van der Waals surface area contributed by atoms with Gasteiger partial charge < -0.3 is 14.8 Å². The zero-order valence-corrected chi connectivity index (χ0v) is 19.2. The number of esters is 1. The van der Waals surface area contributed by atoms with Crippen molar-refractivity contribution in [2.24, 2.45) is 0 Å². The summed E-state index contributed by atoms with van der Waals surface area (Å²) >= 11 is 6.35. The first-order valence-corrected chi connectivity index (χ1v) is 11.2. The number of fused-ring (bicyclic) bond motifs is 3. The molecule has 0 aliphatic carbocycles. The lowest BCUT2D eigenvalue weighted by Gasteiger charge is -2.39. The highest BCUT2D eigenvalue weighted by molar-refractivity contribution is 6.30. The number of methoxy groups -OCH3 is 1. The van der Waals surface area contributed by atoms with E-state index < -0.39 is 18.1 Å². The van der Waals surface area contributed by atoms with Crippen LogP contribution in [0.15, 0.2) is 78.6 Å². The van der Waals surface area contributed by atoms with Gasteiger partial charge in [-0.2, -0.15) is 10.1 Å². The minimum absolute atomic E-state index is 0.331. The number of nitrogens with zero attached hydrogens (tertiary/aromatic N) is 3. The standard InChI is InChI=1S/C26H18ClFN4O3/c1-34-25(33)16-4-2-15(3-5-16)24-21-22(19-12-17(27)8-11-20(19)35-24)31-26-29-13-30-32(26)23(21)14-6-9-18(28)10-7-14/h2-13,23-24H,1H3,(H,29,30,31). The Morgan fingerprint density at radius 1 is 1.09 bits per heavy atom. The van der Waals surface area contributed by atoms with Gasteiger partial charge in [0.2, 0.25) is 5.95 Å². The van der Waals surface area contributed by atoms with E-state index in [4.69, 9.17) is 21.1 Å². The van der Waals surface area contributed by atoms with E-state index in [1.807, 2.05) is 24.3 Å². The first-order valence-electron chi connectivity index (χ1n) is 10.8. The van der Waals surface area contributed by atoms with Crippen LogP contribution in [-0.4, -0.2) is 27.8 Å². The van der Waals surface area contributed by atoms with E-state index in [0.717, 1.165) is 28.0 Å². The molecule has 3 aromatic carbocycles. The molecular weight excluding hydrogens is 471 g/mol. The lowest BCUT2D eigenvalue weighted by Crippen LogP contribution is -2.32. The second-order valence-corrected chi connectivity index (χ2v) is 8.63. The molecule has 9 heteroatoms. The summed E-state index contributed by atoms with van der Waals surface area (Å²) in [6.07, 6.45) is 0.933. The van der Waals surface area contributed by atoms with Gasteiger partial charge in [-0.3, -0.25) is 0 Å². The number of ether oxygens (including phenoxy) is 2. The number of rotatable bonds is 3. The number of halogens is 2. The number of benzene rings is 3. The first kappa shape index (κ1) is 21.4. The van der Waals surface area contributed by atoms with Crippen molar-refractivity contribution in [2.75, 3.05) is 12.4 Å².